The van der Waals surface area contributed by atoms with Gasteiger partial charge in [-0.05, 0) is 51.4 Å². The summed E-state index contributed by atoms with van der Waals surface area (Å²) in [5.41, 5.74) is -0.469. The van der Waals surface area contributed by atoms with Crippen LogP contribution < -0.4 is 0 Å². The zero-order chi connectivity index (χ0) is 24.1. The van der Waals surface area contributed by atoms with Crippen molar-refractivity contribution in [2.45, 2.75) is 127 Å². The van der Waals surface area contributed by atoms with Gasteiger partial charge in [-0.2, -0.15) is 0 Å². The molecule has 0 aromatic heterocycles. The maximum Gasteiger partial charge on any atom is 0.306 e. The van der Waals surface area contributed by atoms with Crippen LogP contribution in [-0.2, 0) is 28.5 Å². The second-order valence-electron chi connectivity index (χ2n) is 10.9. The maximum absolute atomic E-state index is 12.6. The van der Waals surface area contributed by atoms with Gasteiger partial charge in [0.1, 0.15) is 23.4 Å². The summed E-state index contributed by atoms with van der Waals surface area (Å²) in [5.74, 6) is -0.167. The molecule has 1 spiro atoms. The molecular weight excluding hydrogens is 424 g/mol. The van der Waals surface area contributed by atoms with Crippen molar-refractivity contribution >= 4 is 11.9 Å². The zero-order valence-electron chi connectivity index (χ0n) is 21.0. The first kappa shape index (κ1) is 26.4. The third-order valence-electron chi connectivity index (χ3n) is 7.81. The van der Waals surface area contributed by atoms with Gasteiger partial charge in [-0.1, -0.05) is 39.5 Å². The SMILES string of the molecule is CO[C@H]1[C@H](C2(C)O[C@@H]2CCC(C)C)[C@]2(CC[C@H]1OC(=O)CCCCCCCCC(=O)O)CO2. The molecule has 3 aliphatic rings. The minimum absolute atomic E-state index is 0.0736. The van der Waals surface area contributed by atoms with E-state index in [0.717, 1.165) is 70.8 Å². The number of carbonyl (C=O) groups is 2. The fourth-order valence-corrected chi connectivity index (χ4v) is 5.76. The normalized spacial score (nSPS) is 35.1. The van der Waals surface area contributed by atoms with Gasteiger partial charge in [-0.25, -0.2) is 0 Å². The highest BCUT2D eigenvalue weighted by Gasteiger charge is 2.72. The Balaban J connectivity index is 1.44. The van der Waals surface area contributed by atoms with Crippen LogP contribution in [0.1, 0.15) is 97.8 Å². The molecule has 0 bridgehead atoms. The fourth-order valence-electron chi connectivity index (χ4n) is 5.76. The molecule has 190 valence electrons. The number of hydrogen-bond acceptors (Lipinski definition) is 6. The number of carboxylic acids is 1. The van der Waals surface area contributed by atoms with Crippen LogP contribution in [0.4, 0.5) is 0 Å². The predicted molar refractivity (Wildman–Crippen MR) is 124 cm³/mol. The van der Waals surface area contributed by atoms with E-state index in [1.165, 1.54) is 0 Å². The van der Waals surface area contributed by atoms with E-state index >= 15 is 0 Å². The summed E-state index contributed by atoms with van der Waals surface area (Å²) >= 11 is 0. The molecule has 2 aliphatic heterocycles. The smallest absolute Gasteiger partial charge is 0.306 e. The molecule has 1 saturated carbocycles. The Kier molecular flexibility index (Phi) is 9.21. The molecule has 7 heteroatoms. The number of epoxide rings is 2. The fraction of sp³-hybridized carbons (Fsp3) is 0.923. The highest BCUT2D eigenvalue weighted by Crippen LogP contribution is 2.59. The molecule has 2 saturated heterocycles. The van der Waals surface area contributed by atoms with Crippen LogP contribution in [0.3, 0.4) is 0 Å². The Labute approximate surface area is 198 Å². The highest BCUT2D eigenvalue weighted by molar-refractivity contribution is 5.69. The first-order valence-electron chi connectivity index (χ1n) is 13.0. The number of hydrogen-bond donors (Lipinski definition) is 1. The van der Waals surface area contributed by atoms with Gasteiger partial charge in [-0.15, -0.1) is 0 Å². The largest absolute Gasteiger partial charge is 0.481 e. The van der Waals surface area contributed by atoms with Crippen molar-refractivity contribution in [2.75, 3.05) is 13.7 Å². The molecule has 0 amide bonds. The van der Waals surface area contributed by atoms with E-state index in [1.807, 2.05) is 0 Å². The Morgan fingerprint density at radius 3 is 2.30 bits per heavy atom. The molecule has 0 radical (unpaired) electrons. The van der Waals surface area contributed by atoms with Gasteiger partial charge in [0.15, 0.2) is 0 Å². The third-order valence-corrected chi connectivity index (χ3v) is 7.81. The molecule has 1 unspecified atom stereocenters. The summed E-state index contributed by atoms with van der Waals surface area (Å²) in [6, 6.07) is 0. The Morgan fingerprint density at radius 1 is 1.09 bits per heavy atom. The van der Waals surface area contributed by atoms with Crippen molar-refractivity contribution in [1.82, 2.24) is 0 Å². The summed E-state index contributed by atoms with van der Waals surface area (Å²) in [5, 5.41) is 8.67. The van der Waals surface area contributed by atoms with Crippen molar-refractivity contribution in [3.8, 4) is 0 Å². The molecule has 6 atom stereocenters. The number of rotatable bonds is 15. The number of esters is 1. The molecule has 2 heterocycles. The minimum Gasteiger partial charge on any atom is -0.481 e. The van der Waals surface area contributed by atoms with Crippen LogP contribution in [0.25, 0.3) is 0 Å². The summed E-state index contributed by atoms with van der Waals surface area (Å²) in [6.07, 6.45) is 9.66. The van der Waals surface area contributed by atoms with E-state index in [-0.39, 0.29) is 47.8 Å². The number of aliphatic carboxylic acids is 1. The number of ether oxygens (including phenoxy) is 4. The maximum atomic E-state index is 12.6. The molecule has 1 aliphatic carbocycles. The molecular formula is C26H44O7. The molecule has 0 aromatic rings. The van der Waals surface area contributed by atoms with E-state index in [2.05, 4.69) is 20.8 Å². The number of carboxylic acid groups (broad SMARTS) is 1. The summed E-state index contributed by atoms with van der Waals surface area (Å²) in [6.45, 7) is 7.39. The highest BCUT2D eigenvalue weighted by atomic mass is 16.6. The van der Waals surface area contributed by atoms with Crippen molar-refractivity contribution in [2.24, 2.45) is 11.8 Å². The van der Waals surface area contributed by atoms with Crippen LogP contribution in [0.15, 0.2) is 0 Å². The summed E-state index contributed by atoms with van der Waals surface area (Å²) in [7, 11) is 1.71. The minimum atomic E-state index is -0.732. The van der Waals surface area contributed by atoms with Crippen molar-refractivity contribution < 1.29 is 33.6 Å². The Hall–Kier alpha value is -1.18. The van der Waals surface area contributed by atoms with E-state index in [9.17, 15) is 9.59 Å². The Morgan fingerprint density at radius 2 is 1.73 bits per heavy atom. The lowest BCUT2D eigenvalue weighted by Gasteiger charge is -2.42. The topological polar surface area (TPSA) is 97.9 Å². The van der Waals surface area contributed by atoms with Crippen molar-refractivity contribution in [1.29, 1.82) is 0 Å². The molecule has 1 N–H and O–H groups in total. The number of unbranched alkanes of at least 4 members (excludes halogenated alkanes) is 5. The van der Waals surface area contributed by atoms with Gasteiger partial charge in [0, 0.05) is 20.0 Å². The summed E-state index contributed by atoms with van der Waals surface area (Å²) < 4.78 is 24.1. The predicted octanol–water partition coefficient (Wildman–Crippen LogP) is 4.89. The van der Waals surface area contributed by atoms with E-state index in [0.29, 0.717) is 12.3 Å². The van der Waals surface area contributed by atoms with Crippen LogP contribution in [-0.4, -0.2) is 60.3 Å². The second-order valence-corrected chi connectivity index (χ2v) is 10.9. The molecule has 3 fully saturated rings. The lowest BCUT2D eigenvalue weighted by Crippen LogP contribution is -2.55. The van der Waals surface area contributed by atoms with Gasteiger partial charge in [0.2, 0.25) is 0 Å². The standard InChI is InChI=1S/C26H44O7/c1-18(2)13-14-20-25(3,33-20)24-23(30-4)19(15-16-26(24)17-31-26)32-22(29)12-10-8-6-5-7-9-11-21(27)28/h18-20,23-24H,5-17H2,1-4H3,(H,27,28)/t19-,20-,23-,24-,25?,26+/m1/s1. The van der Waals surface area contributed by atoms with Crippen LogP contribution in [0, 0.1) is 11.8 Å². The summed E-state index contributed by atoms with van der Waals surface area (Å²) in [4.78, 5) is 23.1. The van der Waals surface area contributed by atoms with E-state index in [4.69, 9.17) is 24.1 Å². The third kappa shape index (κ3) is 6.92. The van der Waals surface area contributed by atoms with E-state index < -0.39 is 5.97 Å². The van der Waals surface area contributed by atoms with Gasteiger partial charge >= 0.3 is 11.9 Å². The van der Waals surface area contributed by atoms with Gasteiger partial charge in [0.25, 0.3) is 0 Å². The van der Waals surface area contributed by atoms with Crippen LogP contribution in [0.2, 0.25) is 0 Å². The molecule has 7 nitrogen and oxygen atoms in total. The lowest BCUT2D eigenvalue weighted by atomic mass is 9.68. The number of methoxy groups -OCH3 is 1. The van der Waals surface area contributed by atoms with Crippen LogP contribution >= 0.6 is 0 Å². The lowest BCUT2D eigenvalue weighted by molar-refractivity contribution is -0.172. The molecule has 0 aromatic carbocycles. The number of carbonyl (C=O) groups excluding carboxylic acids is 1. The van der Waals surface area contributed by atoms with Crippen molar-refractivity contribution in [3.63, 3.8) is 0 Å². The first-order chi connectivity index (χ1) is 15.7. The average molecular weight is 469 g/mol. The average Bonchev–Trinajstić information content (AvgIpc) is 3.67. The van der Waals surface area contributed by atoms with Crippen molar-refractivity contribution in [3.05, 3.63) is 0 Å². The molecule has 33 heavy (non-hydrogen) atoms. The Bertz CT molecular complexity index is 659. The van der Waals surface area contributed by atoms with Crippen LogP contribution in [0.5, 0.6) is 0 Å². The zero-order valence-corrected chi connectivity index (χ0v) is 21.0. The van der Waals surface area contributed by atoms with Gasteiger partial charge in [-0.3, -0.25) is 9.59 Å². The van der Waals surface area contributed by atoms with E-state index in [1.54, 1.807) is 7.11 Å². The second kappa shape index (κ2) is 11.5. The molecule has 3 rings (SSSR count). The quantitative estimate of drug-likeness (QED) is 0.207. The van der Waals surface area contributed by atoms with Gasteiger partial charge < -0.3 is 24.1 Å². The first-order valence-corrected chi connectivity index (χ1v) is 13.0. The van der Waals surface area contributed by atoms with Gasteiger partial charge in [0.05, 0.1) is 18.6 Å². The monoisotopic (exact) mass is 468 g/mol.